The fourth-order valence-electron chi connectivity index (χ4n) is 8.22. The number of benzene rings is 2. The third-order valence-corrected chi connectivity index (χ3v) is 11.4. The number of esters is 1. The van der Waals surface area contributed by atoms with Crippen LogP contribution in [0.4, 0.5) is 21.9 Å². The van der Waals surface area contributed by atoms with Gasteiger partial charge in [-0.25, -0.2) is 14.5 Å². The lowest BCUT2D eigenvalue weighted by molar-refractivity contribution is -0.198. The van der Waals surface area contributed by atoms with E-state index in [0.717, 1.165) is 42.4 Å². The Labute approximate surface area is 365 Å². The van der Waals surface area contributed by atoms with Gasteiger partial charge in [-0.1, -0.05) is 24.8 Å². The molecule has 2 saturated heterocycles. The summed E-state index contributed by atoms with van der Waals surface area (Å²) in [7, 11) is 4.50. The molecule has 7 rings (SSSR count). The first kappa shape index (κ1) is 44.5. The summed E-state index contributed by atoms with van der Waals surface area (Å²) in [6, 6.07) is 11.5. The standard InChI is InChI=1S/C46H54N6O11/c1-6-20-62-46(57)52-35-25-38(37(58-4)24-32(35)43(55)51-19-9-7-12-34(51)44(52)63-40-14-8-10-21-61-40)60-22-11-13-39(53)48-31-23-36(50(3)27-31)42(54)49-30-17-15-29(16-18-30)33-26-47-41(28(33)2)45(56)59-5/h6,15-18,23-27,34,40,44,47H,1,7-14,19-22H2,2-5H3,(H,48,53)(H,49,54)/t34-,40?,44?/m0/s1. The van der Waals surface area contributed by atoms with Crippen molar-refractivity contribution in [1.29, 1.82) is 0 Å². The number of hydrogen-bond acceptors (Lipinski definition) is 11. The molecule has 5 heterocycles. The van der Waals surface area contributed by atoms with Gasteiger partial charge in [-0.3, -0.25) is 14.4 Å². The van der Waals surface area contributed by atoms with E-state index in [1.54, 1.807) is 59.2 Å². The summed E-state index contributed by atoms with van der Waals surface area (Å²) in [5, 5.41) is 5.74. The monoisotopic (exact) mass is 866 g/mol. The molecule has 2 unspecified atom stereocenters. The summed E-state index contributed by atoms with van der Waals surface area (Å²) in [6.07, 6.45) is 7.85. The van der Waals surface area contributed by atoms with Gasteiger partial charge in [0.25, 0.3) is 11.8 Å². The van der Waals surface area contributed by atoms with Gasteiger partial charge in [0.2, 0.25) is 5.91 Å². The van der Waals surface area contributed by atoms with Crippen molar-refractivity contribution in [3.63, 3.8) is 0 Å². The van der Waals surface area contributed by atoms with Crippen LogP contribution in [0.2, 0.25) is 0 Å². The number of carbonyl (C=O) groups excluding carboxylic acids is 5. The summed E-state index contributed by atoms with van der Waals surface area (Å²) in [5.41, 5.74) is 4.65. The van der Waals surface area contributed by atoms with E-state index in [4.69, 9.17) is 28.4 Å². The molecule has 3 aliphatic heterocycles. The van der Waals surface area contributed by atoms with Crippen LogP contribution in [-0.2, 0) is 30.8 Å². The maximum atomic E-state index is 14.3. The number of H-pyrrole nitrogens is 1. The average molecular weight is 867 g/mol. The topological polar surface area (TPSA) is 192 Å². The van der Waals surface area contributed by atoms with Crippen LogP contribution in [0.1, 0.15) is 88.3 Å². The fraction of sp³-hybridized carbons (Fsp3) is 0.413. The Balaban J connectivity index is 0.995. The molecule has 63 heavy (non-hydrogen) atoms. The van der Waals surface area contributed by atoms with Crippen LogP contribution in [-0.4, -0.2) is 103 Å². The number of nitrogens with one attached hydrogen (secondary N) is 3. The number of anilines is 3. The minimum Gasteiger partial charge on any atom is -0.493 e. The Morgan fingerprint density at radius 2 is 1.76 bits per heavy atom. The van der Waals surface area contributed by atoms with Crippen LogP contribution in [0.5, 0.6) is 11.5 Å². The van der Waals surface area contributed by atoms with Crippen molar-refractivity contribution in [2.24, 2.45) is 7.05 Å². The van der Waals surface area contributed by atoms with Crippen molar-refractivity contribution in [3.05, 3.63) is 90.0 Å². The number of methoxy groups -OCH3 is 2. The van der Waals surface area contributed by atoms with E-state index in [2.05, 4.69) is 22.2 Å². The maximum Gasteiger partial charge on any atom is 0.416 e. The number of ether oxygens (including phenoxy) is 6. The van der Waals surface area contributed by atoms with Crippen molar-refractivity contribution < 1.29 is 52.4 Å². The highest BCUT2D eigenvalue weighted by molar-refractivity contribution is 6.06. The number of amides is 4. The van der Waals surface area contributed by atoms with Gasteiger partial charge in [-0.05, 0) is 87.3 Å². The minimum absolute atomic E-state index is 0.0499. The molecule has 4 amide bonds. The molecule has 4 aromatic rings. The molecule has 2 fully saturated rings. The molecule has 3 aliphatic rings. The summed E-state index contributed by atoms with van der Waals surface area (Å²) in [5.74, 6) is -0.827. The first-order valence-electron chi connectivity index (χ1n) is 21.1. The summed E-state index contributed by atoms with van der Waals surface area (Å²) in [4.78, 5) is 72.7. The molecule has 17 heteroatoms. The van der Waals surface area contributed by atoms with Crippen LogP contribution in [0.3, 0.4) is 0 Å². The van der Waals surface area contributed by atoms with Crippen molar-refractivity contribution in [3.8, 4) is 22.6 Å². The third-order valence-electron chi connectivity index (χ3n) is 11.4. The van der Waals surface area contributed by atoms with Crippen molar-refractivity contribution in [2.45, 2.75) is 76.9 Å². The van der Waals surface area contributed by atoms with Crippen LogP contribution >= 0.6 is 0 Å². The molecule has 3 N–H and O–H groups in total. The van der Waals surface area contributed by atoms with Crippen molar-refractivity contribution in [2.75, 3.05) is 56.1 Å². The second-order valence-corrected chi connectivity index (χ2v) is 15.6. The van der Waals surface area contributed by atoms with E-state index < -0.39 is 30.6 Å². The molecule has 0 saturated carbocycles. The SMILES string of the molecule is C=CCOC(=O)N1c2cc(OCCCC(=O)Nc3cc(C(=O)Nc4ccc(-c5c[nH]c(C(=O)OC)c5C)cc4)n(C)c3)c(OC)cc2C(=O)N2CCCC[C@H]2C1OC1CCCCO1. The number of fused-ring (bicyclic) bond motifs is 2. The van der Waals surface area contributed by atoms with Crippen LogP contribution in [0, 0.1) is 6.92 Å². The lowest BCUT2D eigenvalue weighted by Crippen LogP contribution is -2.57. The van der Waals surface area contributed by atoms with Gasteiger partial charge in [0.05, 0.1) is 43.8 Å². The number of aryl methyl sites for hydroxylation is 1. The summed E-state index contributed by atoms with van der Waals surface area (Å²) >= 11 is 0. The number of hydrogen-bond donors (Lipinski definition) is 3. The molecular weight excluding hydrogens is 813 g/mol. The van der Waals surface area contributed by atoms with E-state index in [1.807, 2.05) is 19.1 Å². The average Bonchev–Trinajstić information content (AvgIpc) is 3.85. The molecule has 0 bridgehead atoms. The number of carbonyl (C=O) groups is 5. The van der Waals surface area contributed by atoms with Crippen LogP contribution < -0.4 is 25.0 Å². The Bertz CT molecular complexity index is 2330. The smallest absolute Gasteiger partial charge is 0.416 e. The Morgan fingerprint density at radius 1 is 0.968 bits per heavy atom. The molecule has 3 atom stereocenters. The lowest BCUT2D eigenvalue weighted by atomic mass is 10.00. The van der Waals surface area contributed by atoms with E-state index >= 15 is 0 Å². The van der Waals surface area contributed by atoms with Gasteiger partial charge >= 0.3 is 12.1 Å². The van der Waals surface area contributed by atoms with E-state index in [1.165, 1.54) is 25.2 Å². The molecule has 0 radical (unpaired) electrons. The number of nitrogens with zero attached hydrogens (tertiary/aromatic N) is 3. The van der Waals surface area contributed by atoms with Gasteiger partial charge in [-0.2, -0.15) is 0 Å². The normalized spacial score (nSPS) is 18.3. The molecule has 0 aliphatic carbocycles. The first-order chi connectivity index (χ1) is 30.5. The van der Waals surface area contributed by atoms with Gasteiger partial charge in [0, 0.05) is 56.3 Å². The molecule has 2 aromatic heterocycles. The molecule has 17 nitrogen and oxygen atoms in total. The summed E-state index contributed by atoms with van der Waals surface area (Å²) in [6.45, 7) is 6.60. The van der Waals surface area contributed by atoms with Gasteiger partial charge in [0.15, 0.2) is 24.0 Å². The van der Waals surface area contributed by atoms with Gasteiger partial charge in [0.1, 0.15) is 18.0 Å². The summed E-state index contributed by atoms with van der Waals surface area (Å²) < 4.78 is 36.4. The number of aromatic nitrogens is 2. The number of rotatable bonds is 15. The quantitative estimate of drug-likeness (QED) is 0.0623. The highest BCUT2D eigenvalue weighted by Crippen LogP contribution is 2.42. The van der Waals surface area contributed by atoms with Crippen LogP contribution in [0.25, 0.3) is 11.1 Å². The van der Waals surface area contributed by atoms with Gasteiger partial charge in [-0.15, -0.1) is 0 Å². The lowest BCUT2D eigenvalue weighted by Gasteiger charge is -2.42. The van der Waals surface area contributed by atoms with E-state index in [9.17, 15) is 24.0 Å². The Kier molecular flexibility index (Phi) is 14.2. The van der Waals surface area contributed by atoms with Crippen LogP contribution in [0.15, 0.2) is 67.5 Å². The number of aromatic amines is 1. The predicted molar refractivity (Wildman–Crippen MR) is 233 cm³/mol. The van der Waals surface area contributed by atoms with Crippen molar-refractivity contribution in [1.82, 2.24) is 14.5 Å². The zero-order valence-corrected chi connectivity index (χ0v) is 36.0. The third kappa shape index (κ3) is 9.89. The molecular formula is C46H54N6O11. The van der Waals surface area contributed by atoms with E-state index in [-0.39, 0.29) is 60.1 Å². The Morgan fingerprint density at radius 3 is 2.49 bits per heavy atom. The first-order valence-corrected chi connectivity index (χ1v) is 21.1. The highest BCUT2D eigenvalue weighted by atomic mass is 16.7. The second-order valence-electron chi connectivity index (χ2n) is 15.6. The van der Waals surface area contributed by atoms with E-state index in [0.29, 0.717) is 55.2 Å². The highest BCUT2D eigenvalue weighted by Gasteiger charge is 2.47. The Hall–Kier alpha value is -6.59. The molecule has 0 spiro atoms. The minimum atomic E-state index is -0.901. The molecule has 334 valence electrons. The van der Waals surface area contributed by atoms with Gasteiger partial charge < -0.3 is 53.5 Å². The van der Waals surface area contributed by atoms with Crippen molar-refractivity contribution >= 4 is 46.8 Å². The second kappa shape index (κ2) is 20.1. The zero-order valence-electron chi connectivity index (χ0n) is 36.0. The fourth-order valence-corrected chi connectivity index (χ4v) is 8.22. The molecule has 2 aromatic carbocycles. The zero-order chi connectivity index (χ0) is 44.6. The largest absolute Gasteiger partial charge is 0.493 e. The predicted octanol–water partition coefficient (Wildman–Crippen LogP) is 7.18. The maximum absolute atomic E-state index is 14.3. The number of piperidine rings is 1.